The fourth-order valence-corrected chi connectivity index (χ4v) is 8.37. The van der Waals surface area contributed by atoms with Gasteiger partial charge in [0.25, 0.3) is 0 Å². The summed E-state index contributed by atoms with van der Waals surface area (Å²) in [4.78, 5) is 0. The number of rotatable bonds is 0. The molecule has 6 aromatic carbocycles. The van der Waals surface area contributed by atoms with Crippen LogP contribution in [0.1, 0.15) is 47.2 Å². The van der Waals surface area contributed by atoms with Crippen molar-refractivity contribution in [2.45, 2.75) is 24.7 Å². The van der Waals surface area contributed by atoms with Gasteiger partial charge in [0.15, 0.2) is 0 Å². The number of benzene rings is 6. The molecule has 212 valence electrons. The third-order valence-electron chi connectivity index (χ3n) is 10.2. The second kappa shape index (κ2) is 8.67. The Labute approximate surface area is 255 Å². The summed E-state index contributed by atoms with van der Waals surface area (Å²) in [6.07, 6.45) is 0. The maximum atomic E-state index is 13.8. The summed E-state index contributed by atoms with van der Waals surface area (Å²) in [5, 5.41) is 7.07. The molecule has 0 saturated carbocycles. The van der Waals surface area contributed by atoms with Gasteiger partial charge in [-0.05, 0) is 118 Å². The zero-order chi connectivity index (χ0) is 29.8. The summed E-state index contributed by atoms with van der Waals surface area (Å²) in [5.74, 6) is -0.361. The normalized spacial score (nSPS) is 19.9. The first-order valence-corrected chi connectivity index (χ1v) is 15.0. The number of fused-ring (bicyclic) bond motifs is 10. The summed E-state index contributed by atoms with van der Waals surface area (Å²) in [7, 11) is 0. The molecular weight excluding hydrogens is 546 g/mol. The molecule has 2 aliphatic carbocycles. The highest BCUT2D eigenvalue weighted by Gasteiger charge is 2.47. The number of halogens is 2. The molecule has 2 N–H and O–H groups in total. The highest BCUT2D eigenvalue weighted by atomic mass is 19.1. The lowest BCUT2D eigenvalue weighted by atomic mass is 9.71. The summed E-state index contributed by atoms with van der Waals surface area (Å²) < 4.78 is 27.6. The molecule has 0 aromatic heterocycles. The van der Waals surface area contributed by atoms with Crippen molar-refractivity contribution in [2.75, 3.05) is 10.6 Å². The highest BCUT2D eigenvalue weighted by molar-refractivity contribution is 5.94. The molecule has 6 aromatic rings. The molecule has 10 rings (SSSR count). The Morgan fingerprint density at radius 2 is 0.818 bits per heavy atom. The van der Waals surface area contributed by atoms with E-state index in [4.69, 9.17) is 0 Å². The smallest absolute Gasteiger partial charge is 0.123 e. The van der Waals surface area contributed by atoms with Gasteiger partial charge >= 0.3 is 0 Å². The van der Waals surface area contributed by atoms with Crippen LogP contribution in [0.4, 0.5) is 31.5 Å². The van der Waals surface area contributed by atoms with Crippen LogP contribution in [0.3, 0.4) is 0 Å². The second-order valence-corrected chi connectivity index (χ2v) is 12.4. The maximum absolute atomic E-state index is 13.8. The molecule has 0 saturated heterocycles. The number of hydrogen-bond donors (Lipinski definition) is 2. The minimum Gasteiger partial charge on any atom is -0.355 e. The molecule has 2 nitrogen and oxygen atoms in total. The van der Waals surface area contributed by atoms with Crippen molar-refractivity contribution in [3.05, 3.63) is 166 Å². The van der Waals surface area contributed by atoms with Gasteiger partial charge in [0.2, 0.25) is 0 Å². The van der Waals surface area contributed by atoms with Gasteiger partial charge in [-0.3, -0.25) is 0 Å². The van der Waals surface area contributed by atoms with E-state index < -0.39 is 0 Å². The predicted molar refractivity (Wildman–Crippen MR) is 174 cm³/mol. The molecule has 0 amide bonds. The monoisotopic (exact) mass is 574 g/mol. The molecule has 4 heteroatoms. The van der Waals surface area contributed by atoms with Crippen molar-refractivity contribution in [3.8, 4) is 22.3 Å². The van der Waals surface area contributed by atoms with Gasteiger partial charge in [0.05, 0.1) is 0 Å². The summed E-state index contributed by atoms with van der Waals surface area (Å²) in [6, 6.07) is 39.6. The fourth-order valence-electron chi connectivity index (χ4n) is 8.37. The first-order chi connectivity index (χ1) is 21.4. The van der Waals surface area contributed by atoms with E-state index in [1.807, 2.05) is 36.4 Å². The van der Waals surface area contributed by atoms with Gasteiger partial charge < -0.3 is 10.6 Å². The van der Waals surface area contributed by atoms with Crippen molar-refractivity contribution in [1.82, 2.24) is 0 Å². The first kappa shape index (κ1) is 25.3. The molecule has 2 heterocycles. The van der Waals surface area contributed by atoms with E-state index in [2.05, 4.69) is 85.1 Å². The van der Waals surface area contributed by atoms with E-state index in [1.54, 1.807) is 24.3 Å². The lowest BCUT2D eigenvalue weighted by Crippen LogP contribution is -2.28. The average Bonchev–Trinajstić information content (AvgIpc) is 3.45. The molecule has 44 heavy (non-hydrogen) atoms. The first-order valence-electron chi connectivity index (χ1n) is 15.0. The Kier molecular flexibility index (Phi) is 4.98. The Balaban J connectivity index is 0.000000123. The van der Waals surface area contributed by atoms with Gasteiger partial charge in [0.1, 0.15) is 11.6 Å². The van der Waals surface area contributed by atoms with E-state index in [9.17, 15) is 8.78 Å². The van der Waals surface area contributed by atoms with Crippen molar-refractivity contribution in [2.24, 2.45) is 0 Å². The van der Waals surface area contributed by atoms with Crippen molar-refractivity contribution in [3.63, 3.8) is 0 Å². The zero-order valence-corrected chi connectivity index (χ0v) is 24.3. The predicted octanol–water partition coefficient (Wildman–Crippen LogP) is 10.4. The third kappa shape index (κ3) is 3.12. The third-order valence-corrected chi connectivity index (χ3v) is 10.2. The van der Waals surface area contributed by atoms with Gasteiger partial charge in [-0.25, -0.2) is 8.78 Å². The number of para-hydroxylation sites is 2. The molecular formula is C40H28F2N2. The van der Waals surface area contributed by atoms with Crippen LogP contribution in [0.5, 0.6) is 0 Å². The van der Waals surface area contributed by atoms with Crippen LogP contribution in [0.15, 0.2) is 121 Å². The molecule has 0 fully saturated rings. The highest BCUT2D eigenvalue weighted by Crippen LogP contribution is 2.60. The van der Waals surface area contributed by atoms with E-state index in [0.29, 0.717) is 0 Å². The number of nitrogens with one attached hydrogen (secondary N) is 2. The minimum absolute atomic E-state index is 0.181. The summed E-state index contributed by atoms with van der Waals surface area (Å²) in [6.45, 7) is 4.50. The van der Waals surface area contributed by atoms with E-state index in [0.717, 1.165) is 45.0 Å². The lowest BCUT2D eigenvalue weighted by molar-refractivity contribution is 0.625. The Morgan fingerprint density at radius 1 is 0.409 bits per heavy atom. The molecule has 0 bridgehead atoms. The molecule has 4 aliphatic rings. The van der Waals surface area contributed by atoms with Crippen LogP contribution in [-0.4, -0.2) is 0 Å². The van der Waals surface area contributed by atoms with Crippen LogP contribution in [0.2, 0.25) is 0 Å². The number of anilines is 4. The van der Waals surface area contributed by atoms with Crippen LogP contribution < -0.4 is 10.6 Å². The summed E-state index contributed by atoms with van der Waals surface area (Å²) >= 11 is 0. The van der Waals surface area contributed by atoms with Gasteiger partial charge in [-0.2, -0.15) is 0 Å². The minimum atomic E-state index is -0.225. The lowest BCUT2D eigenvalue weighted by Gasteiger charge is -2.36. The molecule has 0 radical (unpaired) electrons. The molecule has 2 aliphatic heterocycles. The number of hydrogen-bond acceptors (Lipinski definition) is 2. The van der Waals surface area contributed by atoms with Crippen LogP contribution in [0, 0.1) is 11.6 Å². The molecule has 0 spiro atoms. The second-order valence-electron chi connectivity index (χ2n) is 12.4. The molecule has 0 unspecified atom stereocenters. The van der Waals surface area contributed by atoms with Crippen molar-refractivity contribution >= 4 is 22.7 Å². The van der Waals surface area contributed by atoms with E-state index >= 15 is 0 Å². The Hall–Kier alpha value is -5.22. The van der Waals surface area contributed by atoms with Gasteiger partial charge in [-0.15, -0.1) is 0 Å². The SMILES string of the molecule is C[C@@]12c3ccccc3Nc3cccc(c31)-c1cc(F)ccc12.C[C@]12c3ccccc3Nc3cccc(c31)-c1cc(F)ccc12. The van der Waals surface area contributed by atoms with Crippen LogP contribution >= 0.6 is 0 Å². The Morgan fingerprint density at radius 3 is 1.27 bits per heavy atom. The van der Waals surface area contributed by atoms with E-state index in [-0.39, 0.29) is 22.5 Å². The van der Waals surface area contributed by atoms with Gasteiger partial charge in [0, 0.05) is 33.6 Å². The van der Waals surface area contributed by atoms with Crippen molar-refractivity contribution in [1.29, 1.82) is 0 Å². The van der Waals surface area contributed by atoms with Crippen molar-refractivity contribution < 1.29 is 8.78 Å². The maximum Gasteiger partial charge on any atom is 0.123 e. The standard InChI is InChI=1S/2C20H14FN/c2*1-20-15-10-9-12(21)11-14(15)13-5-4-8-18(19(13)20)22-17-7-3-2-6-16(17)20/h2*2-11,22H,1H3/t2*20-/m10/s1. The average molecular weight is 575 g/mol. The van der Waals surface area contributed by atoms with Crippen LogP contribution in [0.25, 0.3) is 22.3 Å². The largest absolute Gasteiger partial charge is 0.355 e. The fraction of sp³-hybridized carbons (Fsp3) is 0.100. The van der Waals surface area contributed by atoms with E-state index in [1.165, 1.54) is 33.4 Å². The zero-order valence-electron chi connectivity index (χ0n) is 24.3. The summed E-state index contributed by atoms with van der Waals surface area (Å²) in [5.41, 5.74) is 15.7. The van der Waals surface area contributed by atoms with Gasteiger partial charge in [-0.1, -0.05) is 72.8 Å². The Bertz CT molecular complexity index is 2040. The topological polar surface area (TPSA) is 24.1 Å². The van der Waals surface area contributed by atoms with Crippen LogP contribution in [-0.2, 0) is 10.8 Å². The molecule has 2 atom stereocenters. The quantitative estimate of drug-likeness (QED) is 0.189.